The second-order valence-electron chi connectivity index (χ2n) is 4.94. The minimum Gasteiger partial charge on any atom is -0.492 e. The van der Waals surface area contributed by atoms with E-state index in [1.165, 1.54) is 23.5 Å². The molecule has 0 radical (unpaired) electrons. The zero-order valence-corrected chi connectivity index (χ0v) is 11.3. The lowest BCUT2D eigenvalue weighted by atomic mass is 10.1. The zero-order chi connectivity index (χ0) is 12.4. The summed E-state index contributed by atoms with van der Waals surface area (Å²) in [4.78, 5) is 2.53. The van der Waals surface area contributed by atoms with Crippen molar-refractivity contribution in [3.05, 3.63) is 29.3 Å². The van der Waals surface area contributed by atoms with E-state index >= 15 is 0 Å². The van der Waals surface area contributed by atoms with E-state index in [0.717, 1.165) is 31.0 Å². The third kappa shape index (κ3) is 2.51. The van der Waals surface area contributed by atoms with Gasteiger partial charge in [-0.25, -0.2) is 0 Å². The van der Waals surface area contributed by atoms with Crippen molar-refractivity contribution in [1.82, 2.24) is 4.90 Å². The number of ether oxygens (including phenoxy) is 1. The average Bonchev–Trinajstić information content (AvgIpc) is 2.85. The molecule has 2 aliphatic heterocycles. The molecule has 1 saturated heterocycles. The number of fused-ring (bicyclic) bond motifs is 1. The SMILES string of the molecule is OCc1ccc2c(c1)CN(C1CCSC1)CCO2. The van der Waals surface area contributed by atoms with Crippen molar-refractivity contribution in [2.75, 3.05) is 24.7 Å². The van der Waals surface area contributed by atoms with Crippen LogP contribution < -0.4 is 4.74 Å². The summed E-state index contributed by atoms with van der Waals surface area (Å²) in [5.41, 5.74) is 2.19. The van der Waals surface area contributed by atoms with E-state index in [1.807, 2.05) is 23.9 Å². The molecule has 2 heterocycles. The molecule has 0 bridgehead atoms. The van der Waals surface area contributed by atoms with Crippen LogP contribution in [0.5, 0.6) is 5.75 Å². The number of hydrogen-bond acceptors (Lipinski definition) is 4. The lowest BCUT2D eigenvalue weighted by Crippen LogP contribution is -2.36. The molecule has 18 heavy (non-hydrogen) atoms. The molecule has 1 atom stereocenters. The highest BCUT2D eigenvalue weighted by atomic mass is 32.2. The molecule has 98 valence electrons. The van der Waals surface area contributed by atoms with Crippen molar-refractivity contribution in [3.8, 4) is 5.75 Å². The van der Waals surface area contributed by atoms with Gasteiger partial charge in [-0.15, -0.1) is 0 Å². The van der Waals surface area contributed by atoms with Crippen LogP contribution in [0.25, 0.3) is 0 Å². The number of aliphatic hydroxyl groups is 1. The summed E-state index contributed by atoms with van der Waals surface area (Å²) < 4.78 is 5.81. The van der Waals surface area contributed by atoms with E-state index in [1.54, 1.807) is 0 Å². The fourth-order valence-electron chi connectivity index (χ4n) is 2.69. The Balaban J connectivity index is 1.81. The smallest absolute Gasteiger partial charge is 0.123 e. The summed E-state index contributed by atoms with van der Waals surface area (Å²) in [6.45, 7) is 2.84. The summed E-state index contributed by atoms with van der Waals surface area (Å²) in [7, 11) is 0. The van der Waals surface area contributed by atoms with Crippen molar-refractivity contribution in [3.63, 3.8) is 0 Å². The van der Waals surface area contributed by atoms with Gasteiger partial charge in [0.1, 0.15) is 12.4 Å². The van der Waals surface area contributed by atoms with Crippen LogP contribution in [0.3, 0.4) is 0 Å². The normalized spacial score (nSPS) is 24.4. The molecular weight excluding hydrogens is 246 g/mol. The molecular formula is C14H19NO2S. The van der Waals surface area contributed by atoms with Crippen molar-refractivity contribution in [1.29, 1.82) is 0 Å². The van der Waals surface area contributed by atoms with Crippen LogP contribution >= 0.6 is 11.8 Å². The van der Waals surface area contributed by atoms with Gasteiger partial charge in [0, 0.05) is 30.4 Å². The maximum atomic E-state index is 9.23. The Morgan fingerprint density at radius 3 is 3.17 bits per heavy atom. The molecule has 0 spiro atoms. The maximum absolute atomic E-state index is 9.23. The first kappa shape index (κ1) is 12.3. The van der Waals surface area contributed by atoms with Gasteiger partial charge in [0.05, 0.1) is 6.61 Å². The Hall–Kier alpha value is -0.710. The summed E-state index contributed by atoms with van der Waals surface area (Å²) in [5.74, 6) is 3.51. The molecule has 3 nitrogen and oxygen atoms in total. The molecule has 0 saturated carbocycles. The largest absolute Gasteiger partial charge is 0.492 e. The Labute approximate surface area is 112 Å². The van der Waals surface area contributed by atoms with Gasteiger partial charge in [0.25, 0.3) is 0 Å². The number of hydrogen-bond donors (Lipinski definition) is 1. The number of rotatable bonds is 2. The molecule has 4 heteroatoms. The summed E-state index contributed by atoms with van der Waals surface area (Å²) in [5, 5.41) is 9.23. The lowest BCUT2D eigenvalue weighted by molar-refractivity contribution is 0.182. The van der Waals surface area contributed by atoms with Crippen LogP contribution in [0.4, 0.5) is 0 Å². The second-order valence-corrected chi connectivity index (χ2v) is 6.09. The maximum Gasteiger partial charge on any atom is 0.123 e. The molecule has 1 N–H and O–H groups in total. The quantitative estimate of drug-likeness (QED) is 0.885. The standard InChI is InChI=1S/C14H19NO2S/c16-9-11-1-2-14-12(7-11)8-15(4-5-17-14)13-3-6-18-10-13/h1-2,7,13,16H,3-6,8-10H2. The monoisotopic (exact) mass is 265 g/mol. The van der Waals surface area contributed by atoms with E-state index in [9.17, 15) is 5.11 Å². The summed E-state index contributed by atoms with van der Waals surface area (Å²) in [6, 6.07) is 6.71. The Morgan fingerprint density at radius 1 is 1.44 bits per heavy atom. The highest BCUT2D eigenvalue weighted by Gasteiger charge is 2.25. The van der Waals surface area contributed by atoms with E-state index in [-0.39, 0.29) is 6.61 Å². The minimum absolute atomic E-state index is 0.104. The molecule has 0 aliphatic carbocycles. The molecule has 1 fully saturated rings. The highest BCUT2D eigenvalue weighted by Crippen LogP contribution is 2.29. The zero-order valence-electron chi connectivity index (χ0n) is 10.5. The summed E-state index contributed by atoms with van der Waals surface area (Å²) in [6.07, 6.45) is 1.29. The molecule has 1 unspecified atom stereocenters. The van der Waals surface area contributed by atoms with Crippen LogP contribution in [-0.2, 0) is 13.2 Å². The first-order valence-corrected chi connectivity index (χ1v) is 7.69. The van der Waals surface area contributed by atoms with Crippen molar-refractivity contribution >= 4 is 11.8 Å². The second kappa shape index (κ2) is 5.51. The molecule has 2 aliphatic rings. The van der Waals surface area contributed by atoms with Crippen LogP contribution in [0.2, 0.25) is 0 Å². The van der Waals surface area contributed by atoms with Gasteiger partial charge in [0.2, 0.25) is 0 Å². The van der Waals surface area contributed by atoms with Crippen molar-refractivity contribution < 1.29 is 9.84 Å². The van der Waals surface area contributed by atoms with E-state index in [2.05, 4.69) is 11.0 Å². The van der Waals surface area contributed by atoms with Gasteiger partial charge >= 0.3 is 0 Å². The number of benzene rings is 1. The van der Waals surface area contributed by atoms with E-state index in [0.29, 0.717) is 6.04 Å². The van der Waals surface area contributed by atoms with Gasteiger partial charge in [0.15, 0.2) is 0 Å². The molecule has 0 aromatic heterocycles. The third-order valence-corrected chi connectivity index (χ3v) is 4.88. The fourth-order valence-corrected chi connectivity index (χ4v) is 3.94. The van der Waals surface area contributed by atoms with Gasteiger partial charge in [-0.05, 0) is 29.9 Å². The van der Waals surface area contributed by atoms with Crippen LogP contribution in [-0.4, -0.2) is 40.7 Å². The average molecular weight is 265 g/mol. The Morgan fingerprint density at radius 2 is 2.39 bits per heavy atom. The third-order valence-electron chi connectivity index (χ3n) is 3.74. The summed E-state index contributed by atoms with van der Waals surface area (Å²) >= 11 is 2.05. The van der Waals surface area contributed by atoms with Gasteiger partial charge in [-0.3, -0.25) is 4.90 Å². The van der Waals surface area contributed by atoms with Crippen LogP contribution in [0.15, 0.2) is 18.2 Å². The molecule has 1 aromatic rings. The number of aliphatic hydroxyl groups excluding tert-OH is 1. The first-order chi connectivity index (χ1) is 8.86. The van der Waals surface area contributed by atoms with Crippen molar-refractivity contribution in [2.24, 2.45) is 0 Å². The first-order valence-electron chi connectivity index (χ1n) is 6.54. The molecule has 3 rings (SSSR count). The van der Waals surface area contributed by atoms with Gasteiger partial charge in [-0.2, -0.15) is 11.8 Å². The Bertz CT molecular complexity index is 418. The van der Waals surface area contributed by atoms with Gasteiger partial charge in [-0.1, -0.05) is 6.07 Å². The van der Waals surface area contributed by atoms with E-state index in [4.69, 9.17) is 4.74 Å². The Kier molecular flexibility index (Phi) is 3.77. The highest BCUT2D eigenvalue weighted by molar-refractivity contribution is 7.99. The topological polar surface area (TPSA) is 32.7 Å². The fraction of sp³-hybridized carbons (Fsp3) is 0.571. The predicted octanol–water partition coefficient (Wildman–Crippen LogP) is 1.88. The van der Waals surface area contributed by atoms with Crippen LogP contribution in [0.1, 0.15) is 17.5 Å². The predicted molar refractivity (Wildman–Crippen MR) is 74.0 cm³/mol. The molecule has 1 aromatic carbocycles. The van der Waals surface area contributed by atoms with Crippen LogP contribution in [0, 0.1) is 0 Å². The molecule has 0 amide bonds. The van der Waals surface area contributed by atoms with E-state index < -0.39 is 0 Å². The number of thioether (sulfide) groups is 1. The minimum atomic E-state index is 0.104. The lowest BCUT2D eigenvalue weighted by Gasteiger charge is -2.25. The van der Waals surface area contributed by atoms with Gasteiger partial charge < -0.3 is 9.84 Å². The number of nitrogens with zero attached hydrogens (tertiary/aromatic N) is 1. The van der Waals surface area contributed by atoms with Crippen molar-refractivity contribution in [2.45, 2.75) is 25.6 Å².